The Morgan fingerprint density at radius 2 is 2.17 bits per heavy atom. The lowest BCUT2D eigenvalue weighted by Crippen LogP contribution is -2.36. The summed E-state index contributed by atoms with van der Waals surface area (Å²) in [5, 5.41) is 0. The Balaban J connectivity index is 1.76. The Hall–Kier alpha value is -1.84. The second kappa shape index (κ2) is 6.19. The molecular weight excluding hydrogens is 230 g/mol. The van der Waals surface area contributed by atoms with Crippen molar-refractivity contribution in [3.63, 3.8) is 0 Å². The quantitative estimate of drug-likeness (QED) is 0.583. The van der Waals surface area contributed by atoms with Crippen molar-refractivity contribution in [2.24, 2.45) is 0 Å². The number of carbonyl (C=O) groups excluding carboxylic acids is 2. The van der Waals surface area contributed by atoms with Gasteiger partial charge in [0.05, 0.1) is 6.61 Å². The molecule has 1 aromatic carbocycles. The zero-order valence-electron chi connectivity index (χ0n) is 10.2. The van der Waals surface area contributed by atoms with E-state index in [1.54, 1.807) is 0 Å². The largest absolute Gasteiger partial charge is 0.464 e. The van der Waals surface area contributed by atoms with Gasteiger partial charge in [-0.2, -0.15) is 0 Å². The highest BCUT2D eigenvalue weighted by atomic mass is 16.5. The molecule has 4 heteroatoms. The molecule has 0 bridgehead atoms. The van der Waals surface area contributed by atoms with E-state index in [1.807, 2.05) is 30.3 Å². The molecule has 0 saturated carbocycles. The van der Waals surface area contributed by atoms with Crippen LogP contribution in [0.25, 0.3) is 0 Å². The summed E-state index contributed by atoms with van der Waals surface area (Å²) in [4.78, 5) is 24.0. The number of benzene rings is 1. The van der Waals surface area contributed by atoms with E-state index < -0.39 is 0 Å². The standard InChI is InChI=1S/C14H17NO3/c16-11-15-9-4-7-13(15)14(17)18-10-8-12-5-2-1-3-6-12/h1-3,5-6,11,13H,4,7-10H2. The Morgan fingerprint density at radius 1 is 1.39 bits per heavy atom. The second-order valence-corrected chi connectivity index (χ2v) is 4.40. The maximum atomic E-state index is 11.8. The number of esters is 1. The van der Waals surface area contributed by atoms with E-state index in [1.165, 1.54) is 4.90 Å². The van der Waals surface area contributed by atoms with E-state index >= 15 is 0 Å². The topological polar surface area (TPSA) is 46.6 Å². The highest BCUT2D eigenvalue weighted by Crippen LogP contribution is 2.16. The van der Waals surface area contributed by atoms with Gasteiger partial charge in [0, 0.05) is 13.0 Å². The van der Waals surface area contributed by atoms with Crippen LogP contribution in [0.3, 0.4) is 0 Å². The molecule has 4 nitrogen and oxygen atoms in total. The lowest BCUT2D eigenvalue weighted by molar-refractivity contribution is -0.150. The lowest BCUT2D eigenvalue weighted by Gasteiger charge is -2.18. The van der Waals surface area contributed by atoms with Crippen molar-refractivity contribution in [3.8, 4) is 0 Å². The molecule has 96 valence electrons. The van der Waals surface area contributed by atoms with Crippen LogP contribution in [-0.4, -0.2) is 36.5 Å². The molecule has 0 aromatic heterocycles. The van der Waals surface area contributed by atoms with Gasteiger partial charge in [-0.25, -0.2) is 4.79 Å². The van der Waals surface area contributed by atoms with E-state index in [9.17, 15) is 9.59 Å². The molecule has 1 aromatic rings. The molecule has 1 saturated heterocycles. The highest BCUT2D eigenvalue weighted by Gasteiger charge is 2.30. The molecule has 1 amide bonds. The molecule has 1 aliphatic rings. The van der Waals surface area contributed by atoms with Crippen molar-refractivity contribution >= 4 is 12.4 Å². The first-order chi connectivity index (χ1) is 8.81. The number of nitrogens with zero attached hydrogens (tertiary/aromatic N) is 1. The monoisotopic (exact) mass is 247 g/mol. The van der Waals surface area contributed by atoms with E-state index in [-0.39, 0.29) is 12.0 Å². The molecular formula is C14H17NO3. The highest BCUT2D eigenvalue weighted by molar-refractivity contribution is 5.78. The summed E-state index contributed by atoms with van der Waals surface area (Å²) >= 11 is 0. The van der Waals surface area contributed by atoms with Crippen molar-refractivity contribution in [1.29, 1.82) is 0 Å². The third-order valence-corrected chi connectivity index (χ3v) is 3.18. The molecule has 0 spiro atoms. The summed E-state index contributed by atoms with van der Waals surface area (Å²) in [6, 6.07) is 9.50. The lowest BCUT2D eigenvalue weighted by atomic mass is 10.2. The molecule has 1 fully saturated rings. The van der Waals surface area contributed by atoms with Crippen LogP contribution in [-0.2, 0) is 20.7 Å². The van der Waals surface area contributed by atoms with Crippen LogP contribution >= 0.6 is 0 Å². The zero-order chi connectivity index (χ0) is 12.8. The van der Waals surface area contributed by atoms with Gasteiger partial charge in [0.2, 0.25) is 6.41 Å². The third kappa shape index (κ3) is 3.09. The van der Waals surface area contributed by atoms with Crippen LogP contribution in [0, 0.1) is 0 Å². The average Bonchev–Trinajstić information content (AvgIpc) is 2.88. The van der Waals surface area contributed by atoms with Gasteiger partial charge in [-0.3, -0.25) is 4.79 Å². The van der Waals surface area contributed by atoms with Crippen LogP contribution in [0.4, 0.5) is 0 Å². The number of carbonyl (C=O) groups is 2. The van der Waals surface area contributed by atoms with Crippen molar-refractivity contribution in [2.45, 2.75) is 25.3 Å². The first-order valence-electron chi connectivity index (χ1n) is 6.23. The predicted molar refractivity (Wildman–Crippen MR) is 66.9 cm³/mol. The van der Waals surface area contributed by atoms with Gasteiger partial charge in [-0.1, -0.05) is 30.3 Å². The van der Waals surface area contributed by atoms with Crippen molar-refractivity contribution in [3.05, 3.63) is 35.9 Å². The summed E-state index contributed by atoms with van der Waals surface area (Å²) in [5.74, 6) is -0.282. The molecule has 0 aliphatic carbocycles. The number of hydrogen-bond donors (Lipinski definition) is 0. The van der Waals surface area contributed by atoms with E-state index in [2.05, 4.69) is 0 Å². The summed E-state index contributed by atoms with van der Waals surface area (Å²) in [6.45, 7) is 1.02. The van der Waals surface area contributed by atoms with Gasteiger partial charge >= 0.3 is 5.97 Å². The Morgan fingerprint density at radius 3 is 2.89 bits per heavy atom. The summed E-state index contributed by atoms with van der Waals surface area (Å²) in [5.41, 5.74) is 1.14. The molecule has 0 radical (unpaired) electrons. The molecule has 1 heterocycles. The van der Waals surface area contributed by atoms with Crippen molar-refractivity contribution in [2.75, 3.05) is 13.2 Å². The number of rotatable bonds is 5. The molecule has 2 rings (SSSR count). The van der Waals surface area contributed by atoms with Gasteiger partial charge in [0.15, 0.2) is 0 Å². The first-order valence-corrected chi connectivity index (χ1v) is 6.23. The molecule has 1 atom stereocenters. The van der Waals surface area contributed by atoms with Gasteiger partial charge in [-0.05, 0) is 18.4 Å². The number of ether oxygens (including phenoxy) is 1. The molecule has 0 N–H and O–H groups in total. The fourth-order valence-corrected chi connectivity index (χ4v) is 2.18. The van der Waals surface area contributed by atoms with Crippen LogP contribution in [0.2, 0.25) is 0 Å². The van der Waals surface area contributed by atoms with Gasteiger partial charge in [-0.15, -0.1) is 0 Å². The summed E-state index contributed by atoms with van der Waals surface area (Å²) in [7, 11) is 0. The number of likely N-dealkylation sites (tertiary alicyclic amines) is 1. The Labute approximate surface area is 107 Å². The normalized spacial score (nSPS) is 18.7. The second-order valence-electron chi connectivity index (χ2n) is 4.40. The predicted octanol–water partition coefficient (Wildman–Crippen LogP) is 1.39. The SMILES string of the molecule is O=CN1CCCC1C(=O)OCCc1ccccc1. The molecule has 1 unspecified atom stereocenters. The fourth-order valence-electron chi connectivity index (χ4n) is 2.18. The van der Waals surface area contributed by atoms with Crippen LogP contribution < -0.4 is 0 Å². The minimum Gasteiger partial charge on any atom is -0.464 e. The smallest absolute Gasteiger partial charge is 0.328 e. The maximum absolute atomic E-state index is 11.8. The Kier molecular flexibility index (Phi) is 4.34. The summed E-state index contributed by atoms with van der Waals surface area (Å²) < 4.78 is 5.22. The minimum absolute atomic E-state index is 0.282. The van der Waals surface area contributed by atoms with E-state index in [4.69, 9.17) is 4.74 Å². The molecule has 1 aliphatic heterocycles. The fraction of sp³-hybridized carbons (Fsp3) is 0.429. The van der Waals surface area contributed by atoms with Gasteiger partial charge < -0.3 is 9.64 Å². The third-order valence-electron chi connectivity index (χ3n) is 3.18. The van der Waals surface area contributed by atoms with Crippen LogP contribution in [0.5, 0.6) is 0 Å². The number of hydrogen-bond acceptors (Lipinski definition) is 3. The van der Waals surface area contributed by atoms with E-state index in [0.717, 1.165) is 18.4 Å². The van der Waals surface area contributed by atoms with Crippen molar-refractivity contribution < 1.29 is 14.3 Å². The summed E-state index contributed by atoms with van der Waals surface area (Å²) in [6.07, 6.45) is 3.02. The Bertz CT molecular complexity index is 405. The molecule has 18 heavy (non-hydrogen) atoms. The van der Waals surface area contributed by atoms with Gasteiger partial charge in [0.25, 0.3) is 0 Å². The van der Waals surface area contributed by atoms with Crippen molar-refractivity contribution in [1.82, 2.24) is 4.90 Å². The minimum atomic E-state index is -0.377. The van der Waals surface area contributed by atoms with Crippen LogP contribution in [0.15, 0.2) is 30.3 Å². The van der Waals surface area contributed by atoms with Crippen LogP contribution in [0.1, 0.15) is 18.4 Å². The first kappa shape index (κ1) is 12.6. The maximum Gasteiger partial charge on any atom is 0.328 e. The number of amides is 1. The van der Waals surface area contributed by atoms with Gasteiger partial charge in [0.1, 0.15) is 6.04 Å². The van der Waals surface area contributed by atoms with E-state index in [0.29, 0.717) is 26.0 Å². The zero-order valence-corrected chi connectivity index (χ0v) is 10.2. The average molecular weight is 247 g/mol.